The lowest BCUT2D eigenvalue weighted by molar-refractivity contribution is 0.624. The Bertz CT molecular complexity index is 128. The molecule has 0 aliphatic rings. The number of unbranched alkanes of at least 4 members (excludes halogenated alkanes) is 5. The normalized spacial score (nSPS) is 6.71. The highest BCUT2D eigenvalue weighted by atomic mass is 32.1. The van der Waals surface area contributed by atoms with E-state index in [1.54, 1.807) is 10.3 Å². The van der Waals surface area contributed by atoms with E-state index in [-0.39, 0.29) is 0 Å². The molecule has 14 heavy (non-hydrogen) atoms. The van der Waals surface area contributed by atoms with Crippen LogP contribution in [0.1, 0.15) is 52.4 Å². The van der Waals surface area contributed by atoms with Gasteiger partial charge in [0, 0.05) is 0 Å². The first-order valence-corrected chi connectivity index (χ1v) is 5.64. The Kier molecular flexibility index (Phi) is 40.3. The Morgan fingerprint density at radius 2 is 1.00 bits per heavy atom. The molecule has 0 amide bonds. The van der Waals surface area contributed by atoms with Crippen LogP contribution >= 0.6 is 24.4 Å². The van der Waals surface area contributed by atoms with E-state index in [0.717, 1.165) is 0 Å². The third-order valence-electron chi connectivity index (χ3n) is 1.46. The van der Waals surface area contributed by atoms with Crippen molar-refractivity contribution >= 4 is 34.8 Å². The van der Waals surface area contributed by atoms with Crippen LogP contribution in [-0.4, -0.2) is 10.3 Å². The minimum absolute atomic E-state index is 1.36. The molecule has 0 aliphatic carbocycles. The average Bonchev–Trinajstić information content (AvgIpc) is 2.15. The Balaban J connectivity index is -0.000000168. The first-order valence-electron chi connectivity index (χ1n) is 4.82. The van der Waals surface area contributed by atoms with Gasteiger partial charge in [-0.3, -0.25) is 0 Å². The summed E-state index contributed by atoms with van der Waals surface area (Å²) in [5.74, 6) is 0. The van der Waals surface area contributed by atoms with Crippen molar-refractivity contribution in [2.24, 2.45) is 0 Å². The second-order valence-electron chi connectivity index (χ2n) is 2.62. The first kappa shape index (κ1) is 19.2. The highest BCUT2D eigenvalue weighted by molar-refractivity contribution is 7.78. The predicted octanol–water partition coefficient (Wildman–Crippen LogP) is 4.70. The minimum atomic E-state index is 1.36. The number of hydrogen-bond acceptors (Lipinski definition) is 4. The molecule has 0 fully saturated rings. The van der Waals surface area contributed by atoms with Crippen molar-refractivity contribution < 1.29 is 0 Å². The van der Waals surface area contributed by atoms with Crippen LogP contribution in [0.25, 0.3) is 0 Å². The number of isothiocyanates is 2. The largest absolute Gasteiger partial charge is 0.248 e. The van der Waals surface area contributed by atoms with Gasteiger partial charge in [0.15, 0.2) is 0 Å². The summed E-state index contributed by atoms with van der Waals surface area (Å²) >= 11 is 7.62. The monoisotopic (exact) mass is 232 g/mol. The molecule has 0 radical (unpaired) electrons. The SMILES string of the molecule is CCCCCCCC.N=C=S.N=C=S. The van der Waals surface area contributed by atoms with Crippen molar-refractivity contribution in [3.05, 3.63) is 0 Å². The lowest BCUT2D eigenvalue weighted by Gasteiger charge is -1.93. The quantitative estimate of drug-likeness (QED) is 0.410. The smallest absolute Gasteiger partial charge is 0.0554 e. The van der Waals surface area contributed by atoms with Crippen molar-refractivity contribution in [2.75, 3.05) is 0 Å². The molecule has 0 spiro atoms. The van der Waals surface area contributed by atoms with Crippen molar-refractivity contribution in [3.8, 4) is 0 Å². The molecule has 0 saturated carbocycles. The molecule has 0 saturated heterocycles. The molecule has 0 bridgehead atoms. The van der Waals surface area contributed by atoms with Gasteiger partial charge in [0.2, 0.25) is 0 Å². The zero-order valence-corrected chi connectivity index (χ0v) is 10.7. The number of nitrogens with one attached hydrogen (secondary N) is 2. The van der Waals surface area contributed by atoms with Gasteiger partial charge in [0.05, 0.1) is 10.3 Å². The number of thiocarbonyl (C=S) groups is 2. The van der Waals surface area contributed by atoms with Crippen LogP contribution in [-0.2, 0) is 0 Å². The highest BCUT2D eigenvalue weighted by Gasteiger charge is 1.83. The van der Waals surface area contributed by atoms with Crippen LogP contribution in [0.4, 0.5) is 0 Å². The molecule has 2 N–H and O–H groups in total. The average molecular weight is 232 g/mol. The summed E-state index contributed by atoms with van der Waals surface area (Å²) in [7, 11) is 0. The van der Waals surface area contributed by atoms with Crippen molar-refractivity contribution in [1.82, 2.24) is 0 Å². The summed E-state index contributed by atoms with van der Waals surface area (Å²) in [5, 5.41) is 14.7. The molecule has 0 aliphatic heterocycles. The topological polar surface area (TPSA) is 47.7 Å². The van der Waals surface area contributed by atoms with Gasteiger partial charge in [0.1, 0.15) is 0 Å². The molecule has 82 valence electrons. The van der Waals surface area contributed by atoms with Gasteiger partial charge in [-0.1, -0.05) is 52.4 Å². The summed E-state index contributed by atoms with van der Waals surface area (Å²) in [6.07, 6.45) is 8.49. The molecular formula is C10H20N2S2. The molecule has 0 aromatic carbocycles. The fourth-order valence-corrected chi connectivity index (χ4v) is 0.854. The van der Waals surface area contributed by atoms with Crippen LogP contribution in [0.3, 0.4) is 0 Å². The van der Waals surface area contributed by atoms with Crippen LogP contribution in [0.2, 0.25) is 0 Å². The zero-order chi connectivity index (χ0) is 11.7. The van der Waals surface area contributed by atoms with E-state index in [1.165, 1.54) is 38.5 Å². The Hall–Kier alpha value is -0.400. The maximum absolute atomic E-state index is 5.77. The minimum Gasteiger partial charge on any atom is -0.248 e. The highest BCUT2D eigenvalue weighted by Crippen LogP contribution is 2.03. The van der Waals surface area contributed by atoms with E-state index < -0.39 is 0 Å². The maximum atomic E-state index is 5.77. The third-order valence-corrected chi connectivity index (χ3v) is 1.46. The number of rotatable bonds is 5. The zero-order valence-electron chi connectivity index (χ0n) is 9.06. The Labute approximate surface area is 98.1 Å². The van der Waals surface area contributed by atoms with Gasteiger partial charge in [-0.25, -0.2) is 10.8 Å². The van der Waals surface area contributed by atoms with Crippen molar-refractivity contribution in [1.29, 1.82) is 10.8 Å². The van der Waals surface area contributed by atoms with E-state index in [0.29, 0.717) is 0 Å². The van der Waals surface area contributed by atoms with E-state index in [2.05, 4.69) is 38.3 Å². The summed E-state index contributed by atoms with van der Waals surface area (Å²) in [6.45, 7) is 4.51. The first-order chi connectivity index (χ1) is 6.74. The van der Waals surface area contributed by atoms with Crippen LogP contribution in [0, 0.1) is 10.8 Å². The molecule has 0 rings (SSSR count). The maximum Gasteiger partial charge on any atom is 0.0554 e. The Morgan fingerprint density at radius 1 is 0.786 bits per heavy atom. The van der Waals surface area contributed by atoms with Gasteiger partial charge < -0.3 is 0 Å². The van der Waals surface area contributed by atoms with E-state index in [9.17, 15) is 0 Å². The third kappa shape index (κ3) is 61.6. The summed E-state index contributed by atoms with van der Waals surface area (Å²) in [4.78, 5) is 0. The van der Waals surface area contributed by atoms with Crippen LogP contribution < -0.4 is 0 Å². The van der Waals surface area contributed by atoms with E-state index in [4.69, 9.17) is 10.8 Å². The van der Waals surface area contributed by atoms with Crippen LogP contribution in [0.15, 0.2) is 0 Å². The standard InChI is InChI=1S/C8H18.2CHNS/c1-3-5-7-8-6-4-2;2*2-1-3/h3-8H2,1-2H3;2*2H. The van der Waals surface area contributed by atoms with Gasteiger partial charge in [-0.05, 0) is 24.4 Å². The van der Waals surface area contributed by atoms with Crippen molar-refractivity contribution in [2.45, 2.75) is 52.4 Å². The van der Waals surface area contributed by atoms with Crippen molar-refractivity contribution in [3.63, 3.8) is 0 Å². The second kappa shape index (κ2) is 29.4. The Morgan fingerprint density at radius 3 is 1.14 bits per heavy atom. The summed E-state index contributed by atoms with van der Waals surface area (Å²) < 4.78 is 0. The molecule has 0 aromatic rings. The van der Waals surface area contributed by atoms with Crippen LogP contribution in [0.5, 0.6) is 0 Å². The molecule has 0 atom stereocenters. The van der Waals surface area contributed by atoms with Gasteiger partial charge in [-0.15, -0.1) is 0 Å². The molecule has 0 heterocycles. The lowest BCUT2D eigenvalue weighted by Crippen LogP contribution is -1.73. The van der Waals surface area contributed by atoms with Gasteiger partial charge in [-0.2, -0.15) is 0 Å². The van der Waals surface area contributed by atoms with Gasteiger partial charge >= 0.3 is 0 Å². The lowest BCUT2D eigenvalue weighted by atomic mass is 10.1. The predicted molar refractivity (Wildman–Crippen MR) is 69.7 cm³/mol. The fourth-order valence-electron chi connectivity index (χ4n) is 0.854. The van der Waals surface area contributed by atoms with E-state index in [1.807, 2.05) is 0 Å². The molecule has 4 heteroatoms. The summed E-state index contributed by atoms with van der Waals surface area (Å²) in [5.41, 5.74) is 0. The molecule has 0 aromatic heterocycles. The second-order valence-corrected chi connectivity index (χ2v) is 3.03. The molecule has 2 nitrogen and oxygen atoms in total. The van der Waals surface area contributed by atoms with Gasteiger partial charge in [0.25, 0.3) is 0 Å². The molecule has 0 unspecified atom stereocenters. The summed E-state index contributed by atoms with van der Waals surface area (Å²) in [6, 6.07) is 0. The molecular weight excluding hydrogens is 212 g/mol. The van der Waals surface area contributed by atoms with E-state index >= 15 is 0 Å². The fraction of sp³-hybridized carbons (Fsp3) is 0.800. The number of hydrogen-bond donors (Lipinski definition) is 2.